The van der Waals surface area contributed by atoms with Crippen molar-refractivity contribution >= 4 is 32.6 Å². The van der Waals surface area contributed by atoms with E-state index in [4.69, 9.17) is 0 Å². The molecule has 0 spiro atoms. The maximum atomic E-state index is 12.8. The van der Waals surface area contributed by atoms with Gasteiger partial charge in [-0.1, -0.05) is 23.8 Å². The molecular weight excluding hydrogens is 356 g/mol. The second-order valence-electron chi connectivity index (χ2n) is 5.69. The molecule has 1 unspecified atom stereocenters. The molecule has 3 aromatic rings. The number of esters is 1. The summed E-state index contributed by atoms with van der Waals surface area (Å²) < 4.78 is 29.1. The number of aromatic nitrogens is 1. The minimum atomic E-state index is -4.28. The van der Waals surface area contributed by atoms with Crippen molar-refractivity contribution in [1.29, 1.82) is 0 Å². The minimum Gasteiger partial charge on any atom is -0.612 e. The highest BCUT2D eigenvalue weighted by Crippen LogP contribution is 2.22. The SMILES string of the molecule is COC(=O)c1cc([NH+]([O-])S(=O)(=O)c2ccc(C)cc2)c2ncccc2c1. The van der Waals surface area contributed by atoms with E-state index < -0.39 is 20.5 Å². The summed E-state index contributed by atoms with van der Waals surface area (Å²) in [5, 5.41) is 13.3. The maximum Gasteiger partial charge on any atom is 0.338 e. The topological polar surface area (TPSA) is 101 Å². The lowest BCUT2D eigenvalue weighted by molar-refractivity contribution is -0.623. The molecule has 1 heterocycles. The van der Waals surface area contributed by atoms with E-state index in [1.54, 1.807) is 24.3 Å². The summed E-state index contributed by atoms with van der Waals surface area (Å²) in [6, 6.07) is 12.0. The number of hydrogen-bond acceptors (Lipinski definition) is 6. The molecule has 0 aliphatic rings. The van der Waals surface area contributed by atoms with Gasteiger partial charge in [0.2, 0.25) is 0 Å². The second-order valence-corrected chi connectivity index (χ2v) is 7.54. The van der Waals surface area contributed by atoms with Crippen LogP contribution in [0.15, 0.2) is 59.6 Å². The third kappa shape index (κ3) is 3.17. The van der Waals surface area contributed by atoms with Crippen LogP contribution in [-0.4, -0.2) is 26.5 Å². The van der Waals surface area contributed by atoms with Gasteiger partial charge in [0.1, 0.15) is 10.4 Å². The number of benzene rings is 2. The largest absolute Gasteiger partial charge is 0.612 e. The molecule has 1 N–H and O–H groups in total. The van der Waals surface area contributed by atoms with Crippen LogP contribution in [0.2, 0.25) is 0 Å². The number of carbonyl (C=O) groups excluding carboxylic acids is 1. The number of carbonyl (C=O) groups is 1. The van der Waals surface area contributed by atoms with E-state index in [2.05, 4.69) is 9.72 Å². The van der Waals surface area contributed by atoms with Crippen LogP contribution in [0.3, 0.4) is 0 Å². The van der Waals surface area contributed by atoms with Crippen molar-refractivity contribution in [2.75, 3.05) is 7.11 Å². The molecule has 8 heteroatoms. The smallest absolute Gasteiger partial charge is 0.338 e. The predicted molar refractivity (Wildman–Crippen MR) is 95.4 cm³/mol. The molecule has 2 aromatic carbocycles. The van der Waals surface area contributed by atoms with Crippen molar-refractivity contribution in [1.82, 2.24) is 4.98 Å². The number of sulfonamides is 1. The molecule has 0 fully saturated rings. The van der Waals surface area contributed by atoms with Gasteiger partial charge in [-0.05, 0) is 31.2 Å². The van der Waals surface area contributed by atoms with E-state index in [0.29, 0.717) is 5.39 Å². The molecule has 3 rings (SSSR count). The van der Waals surface area contributed by atoms with Crippen LogP contribution in [0.5, 0.6) is 0 Å². The molecule has 0 saturated heterocycles. The van der Waals surface area contributed by atoms with E-state index in [1.807, 2.05) is 6.92 Å². The fraction of sp³-hybridized carbons (Fsp3) is 0.111. The van der Waals surface area contributed by atoms with Crippen LogP contribution in [-0.2, 0) is 14.8 Å². The van der Waals surface area contributed by atoms with Crippen LogP contribution in [0, 0.1) is 12.1 Å². The van der Waals surface area contributed by atoms with Crippen molar-refractivity contribution < 1.29 is 22.4 Å². The Bertz CT molecular complexity index is 1080. The number of pyridine rings is 1. The van der Waals surface area contributed by atoms with Crippen molar-refractivity contribution in [3.63, 3.8) is 0 Å². The second kappa shape index (κ2) is 6.83. The van der Waals surface area contributed by atoms with E-state index in [9.17, 15) is 18.4 Å². The van der Waals surface area contributed by atoms with E-state index >= 15 is 0 Å². The lowest BCUT2D eigenvalue weighted by Gasteiger charge is -2.22. The highest BCUT2D eigenvalue weighted by atomic mass is 32.2. The third-order valence-electron chi connectivity index (χ3n) is 3.92. The summed E-state index contributed by atoms with van der Waals surface area (Å²) in [5.41, 5.74) is 0.997. The van der Waals surface area contributed by atoms with Gasteiger partial charge in [-0.25, -0.2) is 14.2 Å². The van der Waals surface area contributed by atoms with Crippen molar-refractivity contribution in [2.45, 2.75) is 11.8 Å². The van der Waals surface area contributed by atoms with Gasteiger partial charge < -0.3 is 9.94 Å². The lowest BCUT2D eigenvalue weighted by atomic mass is 10.1. The van der Waals surface area contributed by atoms with Crippen molar-refractivity contribution in [2.24, 2.45) is 0 Å². The Morgan fingerprint density at radius 2 is 1.85 bits per heavy atom. The monoisotopic (exact) mass is 372 g/mol. The van der Waals surface area contributed by atoms with E-state index in [0.717, 1.165) is 5.56 Å². The van der Waals surface area contributed by atoms with Crippen LogP contribution in [0.1, 0.15) is 15.9 Å². The fourth-order valence-corrected chi connectivity index (χ4v) is 3.71. The maximum absolute atomic E-state index is 12.8. The zero-order valence-electron chi connectivity index (χ0n) is 14.1. The van der Waals surface area contributed by atoms with Crippen molar-refractivity contribution in [3.05, 3.63) is 71.1 Å². The first kappa shape index (κ1) is 18.0. The quantitative estimate of drug-likeness (QED) is 0.553. The number of hydrogen-bond donors (Lipinski definition) is 1. The standard InChI is InChI=1S/C18H16N2O5S/c1-12-5-7-15(8-6-12)26(23,24)20(22)16-11-14(18(21)25-2)10-13-4-3-9-19-17(13)16/h3-11,20H,1-2H3. The highest BCUT2D eigenvalue weighted by Gasteiger charge is 2.27. The number of nitrogens with one attached hydrogen (secondary N) is 1. The number of rotatable bonds is 4. The Balaban J connectivity index is 2.19. The normalized spacial score (nSPS) is 12.7. The van der Waals surface area contributed by atoms with Gasteiger partial charge in [-0.3, -0.25) is 0 Å². The average molecular weight is 372 g/mol. The number of methoxy groups -OCH3 is 1. The molecule has 0 bridgehead atoms. The molecule has 0 radical (unpaired) electrons. The summed E-state index contributed by atoms with van der Waals surface area (Å²) in [7, 11) is -3.07. The third-order valence-corrected chi connectivity index (χ3v) is 5.52. The predicted octanol–water partition coefficient (Wildman–Crippen LogP) is 1.73. The molecule has 1 aromatic heterocycles. The van der Waals surface area contributed by atoms with Crippen LogP contribution < -0.4 is 4.47 Å². The van der Waals surface area contributed by atoms with Gasteiger partial charge in [0.25, 0.3) is 0 Å². The number of nitrogens with zero attached hydrogens (tertiary/aromatic N) is 1. The Morgan fingerprint density at radius 1 is 1.15 bits per heavy atom. The van der Waals surface area contributed by atoms with Crippen LogP contribution >= 0.6 is 0 Å². The summed E-state index contributed by atoms with van der Waals surface area (Å²) in [4.78, 5) is 15.9. The van der Waals surface area contributed by atoms with Gasteiger partial charge in [0, 0.05) is 17.6 Å². The Morgan fingerprint density at radius 3 is 2.50 bits per heavy atom. The molecule has 0 aliphatic carbocycles. The summed E-state index contributed by atoms with van der Waals surface area (Å²) in [6.45, 7) is 1.81. The van der Waals surface area contributed by atoms with Crippen molar-refractivity contribution in [3.8, 4) is 0 Å². The fourth-order valence-electron chi connectivity index (χ4n) is 2.55. The van der Waals surface area contributed by atoms with Gasteiger partial charge in [-0.15, -0.1) is 0 Å². The Labute approximate surface area is 150 Å². The molecule has 7 nitrogen and oxygen atoms in total. The lowest BCUT2D eigenvalue weighted by Crippen LogP contribution is -3.04. The van der Waals surface area contributed by atoms with Gasteiger partial charge in [-0.2, -0.15) is 8.42 Å². The van der Waals surface area contributed by atoms with Crippen LogP contribution in [0.25, 0.3) is 10.9 Å². The van der Waals surface area contributed by atoms with Gasteiger partial charge in [0.05, 0.1) is 12.7 Å². The summed E-state index contributed by atoms with van der Waals surface area (Å²) in [6.07, 6.45) is 1.45. The van der Waals surface area contributed by atoms with E-state index in [-0.39, 0.29) is 21.7 Å². The molecule has 134 valence electrons. The molecule has 26 heavy (non-hydrogen) atoms. The van der Waals surface area contributed by atoms with Gasteiger partial charge >= 0.3 is 16.0 Å². The Hall–Kier alpha value is -2.81. The zero-order valence-corrected chi connectivity index (χ0v) is 14.9. The molecule has 0 saturated carbocycles. The number of aryl methyl sites for hydroxylation is 1. The average Bonchev–Trinajstić information content (AvgIpc) is 2.66. The summed E-state index contributed by atoms with van der Waals surface area (Å²) in [5.74, 6) is -0.669. The van der Waals surface area contributed by atoms with Gasteiger partial charge in [0.15, 0.2) is 5.69 Å². The first-order valence-corrected chi connectivity index (χ1v) is 9.16. The molecular formula is C18H16N2O5S. The van der Waals surface area contributed by atoms with E-state index in [1.165, 1.54) is 37.6 Å². The summed E-state index contributed by atoms with van der Waals surface area (Å²) >= 11 is 0. The minimum absolute atomic E-state index is 0.0791. The zero-order chi connectivity index (χ0) is 18.9. The number of fused-ring (bicyclic) bond motifs is 1. The Kier molecular flexibility index (Phi) is 4.73. The number of quaternary nitrogens is 1. The molecule has 0 aliphatic heterocycles. The molecule has 0 amide bonds. The highest BCUT2D eigenvalue weighted by molar-refractivity contribution is 7.85. The number of ether oxygens (including phenoxy) is 1. The first-order valence-electron chi connectivity index (χ1n) is 7.68. The first-order chi connectivity index (χ1) is 12.3. The van der Waals surface area contributed by atoms with Crippen LogP contribution in [0.4, 0.5) is 5.69 Å². The molecule has 1 atom stereocenters.